The molecule has 4 nitrogen and oxygen atoms in total. The molecular formula is C12H18FO4P. The summed E-state index contributed by atoms with van der Waals surface area (Å²) in [6.07, 6.45) is -0.0719. The molecule has 0 radical (unpaired) electrons. The Morgan fingerprint density at radius 2 is 1.72 bits per heavy atom. The van der Waals surface area contributed by atoms with E-state index in [-0.39, 0.29) is 25.4 Å². The summed E-state index contributed by atoms with van der Waals surface area (Å²) in [5.41, 5.74) is 0.625. The van der Waals surface area contributed by atoms with Gasteiger partial charge in [-0.25, -0.2) is 4.39 Å². The van der Waals surface area contributed by atoms with Gasteiger partial charge in [0.2, 0.25) is 5.91 Å². The third-order valence-corrected chi connectivity index (χ3v) is 4.41. The van der Waals surface area contributed by atoms with E-state index in [1.807, 2.05) is 0 Å². The van der Waals surface area contributed by atoms with Crippen LogP contribution >= 0.6 is 7.60 Å². The maximum atomic E-state index is 14.0. The van der Waals surface area contributed by atoms with E-state index in [9.17, 15) is 8.96 Å². The number of phenolic OH excluding ortho intramolecular Hbond substituents is 1. The van der Waals surface area contributed by atoms with Gasteiger partial charge in [-0.1, -0.05) is 12.1 Å². The first-order valence-corrected chi connectivity index (χ1v) is 7.43. The van der Waals surface area contributed by atoms with Crippen molar-refractivity contribution in [1.82, 2.24) is 0 Å². The van der Waals surface area contributed by atoms with Crippen LogP contribution in [0, 0.1) is 0 Å². The van der Waals surface area contributed by atoms with Crippen molar-refractivity contribution < 1.29 is 23.1 Å². The first-order chi connectivity index (χ1) is 8.51. The molecule has 0 aliphatic rings. The highest BCUT2D eigenvalue weighted by atomic mass is 31.2. The average Bonchev–Trinajstić information content (AvgIpc) is 2.32. The summed E-state index contributed by atoms with van der Waals surface area (Å²) in [5, 5.41) is 9.12. The molecule has 0 aliphatic heterocycles. The molecule has 1 unspecified atom stereocenters. The standard InChI is InChI=1S/C12H18FO4P/c1-3-16-18(15,17-4-2)12(13)9-10-5-7-11(14)8-6-10/h5-8,12,14H,3-4,9H2,1-2H3. The van der Waals surface area contributed by atoms with Gasteiger partial charge in [-0.15, -0.1) is 0 Å². The van der Waals surface area contributed by atoms with Crippen molar-refractivity contribution in [2.75, 3.05) is 13.2 Å². The fourth-order valence-electron chi connectivity index (χ4n) is 1.50. The Bertz CT molecular complexity index is 397. The number of alkyl halides is 1. The van der Waals surface area contributed by atoms with Crippen molar-refractivity contribution in [3.63, 3.8) is 0 Å². The second-order valence-corrected chi connectivity index (χ2v) is 5.84. The molecule has 102 valence electrons. The van der Waals surface area contributed by atoms with Crippen LogP contribution in [0.4, 0.5) is 4.39 Å². The van der Waals surface area contributed by atoms with Crippen LogP contribution in [0.5, 0.6) is 5.75 Å². The van der Waals surface area contributed by atoms with Gasteiger partial charge in [0.1, 0.15) is 5.75 Å². The van der Waals surface area contributed by atoms with E-state index in [4.69, 9.17) is 14.2 Å². The van der Waals surface area contributed by atoms with Crippen LogP contribution in [0.3, 0.4) is 0 Å². The number of hydrogen-bond donors (Lipinski definition) is 1. The van der Waals surface area contributed by atoms with Crippen LogP contribution in [-0.4, -0.2) is 24.2 Å². The molecule has 0 amide bonds. The third kappa shape index (κ3) is 4.09. The maximum absolute atomic E-state index is 14.0. The summed E-state index contributed by atoms with van der Waals surface area (Å²) >= 11 is 0. The number of hydrogen-bond acceptors (Lipinski definition) is 4. The Balaban J connectivity index is 2.75. The Hall–Kier alpha value is -0.900. The van der Waals surface area contributed by atoms with Crippen LogP contribution < -0.4 is 0 Å². The molecule has 0 spiro atoms. The molecular weight excluding hydrogens is 258 g/mol. The quantitative estimate of drug-likeness (QED) is 0.774. The molecule has 1 aromatic rings. The fourth-order valence-corrected chi connectivity index (χ4v) is 3.05. The topological polar surface area (TPSA) is 55.8 Å². The van der Waals surface area contributed by atoms with Gasteiger partial charge >= 0.3 is 7.60 Å². The summed E-state index contributed by atoms with van der Waals surface area (Å²) < 4.78 is 36.0. The van der Waals surface area contributed by atoms with E-state index in [0.717, 1.165) is 0 Å². The van der Waals surface area contributed by atoms with E-state index >= 15 is 0 Å². The fraction of sp³-hybridized carbons (Fsp3) is 0.500. The summed E-state index contributed by atoms with van der Waals surface area (Å²) in [5.74, 6) is -1.60. The van der Waals surface area contributed by atoms with Crippen LogP contribution in [0.15, 0.2) is 24.3 Å². The van der Waals surface area contributed by atoms with Crippen LogP contribution in [0.2, 0.25) is 0 Å². The first kappa shape index (κ1) is 15.2. The Labute approximate surface area is 106 Å². The second-order valence-electron chi connectivity index (χ2n) is 3.68. The molecule has 0 saturated carbocycles. The summed E-state index contributed by atoms with van der Waals surface area (Å²) in [6, 6.07) is 6.05. The zero-order chi connectivity index (χ0) is 13.6. The monoisotopic (exact) mass is 276 g/mol. The zero-order valence-corrected chi connectivity index (χ0v) is 11.4. The van der Waals surface area contributed by atoms with Gasteiger partial charge in [0.15, 0.2) is 0 Å². The number of aromatic hydroxyl groups is 1. The summed E-state index contributed by atoms with van der Waals surface area (Å²) in [7, 11) is -3.72. The van der Waals surface area contributed by atoms with E-state index in [1.54, 1.807) is 26.0 Å². The predicted molar refractivity (Wildman–Crippen MR) is 67.6 cm³/mol. The van der Waals surface area contributed by atoms with Crippen molar-refractivity contribution in [2.45, 2.75) is 26.2 Å². The molecule has 0 bridgehead atoms. The number of phenols is 1. The van der Waals surface area contributed by atoms with Crippen LogP contribution in [0.1, 0.15) is 19.4 Å². The molecule has 1 N–H and O–H groups in total. The summed E-state index contributed by atoms with van der Waals surface area (Å²) in [4.78, 5) is 0. The van der Waals surface area contributed by atoms with E-state index < -0.39 is 13.5 Å². The summed E-state index contributed by atoms with van der Waals surface area (Å²) in [6.45, 7) is 3.54. The highest BCUT2D eigenvalue weighted by molar-refractivity contribution is 7.54. The molecule has 18 heavy (non-hydrogen) atoms. The maximum Gasteiger partial charge on any atom is 0.364 e. The van der Waals surface area contributed by atoms with Crippen molar-refractivity contribution in [1.29, 1.82) is 0 Å². The molecule has 1 atom stereocenters. The second kappa shape index (κ2) is 6.88. The van der Waals surface area contributed by atoms with E-state index in [2.05, 4.69) is 0 Å². The molecule has 1 rings (SSSR count). The van der Waals surface area contributed by atoms with Gasteiger partial charge in [-0.3, -0.25) is 4.57 Å². The minimum Gasteiger partial charge on any atom is -0.508 e. The van der Waals surface area contributed by atoms with Crippen molar-refractivity contribution >= 4 is 7.60 Å². The van der Waals surface area contributed by atoms with Gasteiger partial charge in [-0.05, 0) is 31.5 Å². The van der Waals surface area contributed by atoms with Gasteiger partial charge < -0.3 is 14.2 Å². The van der Waals surface area contributed by atoms with Gasteiger partial charge in [0.05, 0.1) is 13.2 Å². The van der Waals surface area contributed by atoms with E-state index in [1.165, 1.54) is 12.1 Å². The smallest absolute Gasteiger partial charge is 0.364 e. The minimum absolute atomic E-state index is 0.0719. The lowest BCUT2D eigenvalue weighted by Gasteiger charge is -2.20. The van der Waals surface area contributed by atoms with E-state index in [0.29, 0.717) is 5.56 Å². The Kier molecular flexibility index (Phi) is 5.79. The lowest BCUT2D eigenvalue weighted by Crippen LogP contribution is -2.11. The highest BCUT2D eigenvalue weighted by Gasteiger charge is 2.35. The lowest BCUT2D eigenvalue weighted by molar-refractivity contribution is 0.189. The largest absolute Gasteiger partial charge is 0.508 e. The minimum atomic E-state index is -3.72. The normalized spacial score (nSPS) is 13.5. The number of halogens is 1. The molecule has 0 aliphatic carbocycles. The molecule has 6 heteroatoms. The van der Waals surface area contributed by atoms with Gasteiger partial charge in [-0.2, -0.15) is 0 Å². The Morgan fingerprint density at radius 1 is 1.22 bits per heavy atom. The average molecular weight is 276 g/mol. The highest BCUT2D eigenvalue weighted by Crippen LogP contribution is 2.54. The van der Waals surface area contributed by atoms with Gasteiger partial charge in [0, 0.05) is 6.42 Å². The molecule has 0 fully saturated rings. The van der Waals surface area contributed by atoms with Crippen LogP contribution in [-0.2, 0) is 20.0 Å². The predicted octanol–water partition coefficient (Wildman–Crippen LogP) is 3.50. The van der Waals surface area contributed by atoms with Gasteiger partial charge in [0.25, 0.3) is 0 Å². The van der Waals surface area contributed by atoms with Crippen molar-refractivity contribution in [3.8, 4) is 5.75 Å². The zero-order valence-electron chi connectivity index (χ0n) is 10.5. The molecule has 1 aromatic carbocycles. The molecule has 0 aromatic heterocycles. The van der Waals surface area contributed by atoms with Crippen LogP contribution in [0.25, 0.3) is 0 Å². The first-order valence-electron chi connectivity index (χ1n) is 5.82. The molecule has 0 saturated heterocycles. The number of benzene rings is 1. The Morgan fingerprint density at radius 3 is 2.17 bits per heavy atom. The lowest BCUT2D eigenvalue weighted by atomic mass is 10.2. The number of rotatable bonds is 7. The van der Waals surface area contributed by atoms with Crippen molar-refractivity contribution in [3.05, 3.63) is 29.8 Å². The third-order valence-electron chi connectivity index (χ3n) is 2.30. The SMILES string of the molecule is CCOP(=O)(OCC)C(F)Cc1ccc(O)cc1. The van der Waals surface area contributed by atoms with Crippen molar-refractivity contribution in [2.24, 2.45) is 0 Å². The molecule has 0 heterocycles.